The highest BCUT2D eigenvalue weighted by atomic mass is 16.5. The summed E-state index contributed by atoms with van der Waals surface area (Å²) in [6, 6.07) is 15.6. The van der Waals surface area contributed by atoms with E-state index in [2.05, 4.69) is 20.8 Å². The molecule has 0 amide bonds. The van der Waals surface area contributed by atoms with Crippen LogP contribution in [0.5, 0.6) is 5.75 Å². The van der Waals surface area contributed by atoms with Crippen molar-refractivity contribution in [2.45, 2.75) is 33.1 Å². The van der Waals surface area contributed by atoms with Crippen LogP contribution in [0.25, 0.3) is 6.08 Å². The van der Waals surface area contributed by atoms with E-state index >= 15 is 0 Å². The van der Waals surface area contributed by atoms with E-state index in [-0.39, 0.29) is 11.2 Å². The molecule has 0 heterocycles. The molecular formula is C21H24O2. The van der Waals surface area contributed by atoms with Crippen molar-refractivity contribution in [2.75, 3.05) is 7.11 Å². The fourth-order valence-electron chi connectivity index (χ4n) is 2.36. The second kappa shape index (κ2) is 6.82. The lowest BCUT2D eigenvalue weighted by atomic mass is 9.86. The molecule has 0 N–H and O–H groups in total. The number of ether oxygens (including phenoxy) is 1. The molecule has 0 spiro atoms. The average molecular weight is 308 g/mol. The van der Waals surface area contributed by atoms with Crippen LogP contribution in [-0.2, 0) is 5.41 Å². The van der Waals surface area contributed by atoms with Gasteiger partial charge >= 0.3 is 0 Å². The van der Waals surface area contributed by atoms with E-state index in [0.717, 1.165) is 22.4 Å². The highest BCUT2D eigenvalue weighted by Crippen LogP contribution is 2.23. The molecule has 0 aromatic heterocycles. The molecule has 2 aromatic rings. The highest BCUT2D eigenvalue weighted by Gasteiger charge is 2.14. The Hall–Kier alpha value is -2.35. The Labute approximate surface area is 138 Å². The third kappa shape index (κ3) is 4.32. The maximum Gasteiger partial charge on any atom is 0.188 e. The van der Waals surface area contributed by atoms with Gasteiger partial charge in [0.15, 0.2) is 5.78 Å². The quantitative estimate of drug-likeness (QED) is 0.567. The van der Waals surface area contributed by atoms with Gasteiger partial charge in [-0.3, -0.25) is 4.79 Å². The first-order valence-corrected chi connectivity index (χ1v) is 7.79. The predicted molar refractivity (Wildman–Crippen MR) is 96.1 cm³/mol. The maximum absolute atomic E-state index is 12.5. The first-order valence-electron chi connectivity index (χ1n) is 7.79. The van der Waals surface area contributed by atoms with E-state index in [9.17, 15) is 4.79 Å². The maximum atomic E-state index is 12.5. The Morgan fingerprint density at radius 1 is 0.957 bits per heavy atom. The lowest BCUT2D eigenvalue weighted by molar-refractivity contribution is 0.103. The summed E-state index contributed by atoms with van der Waals surface area (Å²) in [6.45, 7) is 8.35. The minimum atomic E-state index is 0.0567. The van der Waals surface area contributed by atoms with Crippen LogP contribution in [0.3, 0.4) is 0 Å². The minimum Gasteiger partial charge on any atom is -0.497 e. The zero-order chi connectivity index (χ0) is 17.0. The third-order valence-electron chi connectivity index (χ3n) is 3.87. The number of methoxy groups -OCH3 is 1. The largest absolute Gasteiger partial charge is 0.497 e. The van der Waals surface area contributed by atoms with Gasteiger partial charge in [0, 0.05) is 5.56 Å². The Kier molecular flexibility index (Phi) is 5.05. The van der Waals surface area contributed by atoms with Crippen LogP contribution >= 0.6 is 0 Å². The van der Waals surface area contributed by atoms with Crippen LogP contribution in [0.15, 0.2) is 54.1 Å². The molecule has 0 aliphatic rings. The number of benzene rings is 2. The van der Waals surface area contributed by atoms with Crippen molar-refractivity contribution < 1.29 is 9.53 Å². The first kappa shape index (κ1) is 17.0. The minimum absolute atomic E-state index is 0.0567. The number of carbonyl (C=O) groups excluding carboxylic acids is 1. The van der Waals surface area contributed by atoms with E-state index < -0.39 is 0 Å². The molecule has 0 aliphatic heterocycles. The van der Waals surface area contributed by atoms with Crippen LogP contribution < -0.4 is 4.74 Å². The summed E-state index contributed by atoms with van der Waals surface area (Å²) in [5.74, 6) is 0.866. The molecule has 0 radical (unpaired) electrons. The molecule has 0 unspecified atom stereocenters. The molecule has 0 saturated heterocycles. The van der Waals surface area contributed by atoms with Gasteiger partial charge in [-0.25, -0.2) is 0 Å². The van der Waals surface area contributed by atoms with E-state index in [4.69, 9.17) is 4.74 Å². The summed E-state index contributed by atoms with van der Waals surface area (Å²) in [6.07, 6.45) is 1.90. The molecule has 2 rings (SSSR count). The Balaban J connectivity index is 2.19. The number of hydrogen-bond acceptors (Lipinski definition) is 2. The van der Waals surface area contributed by atoms with Gasteiger partial charge in [0.05, 0.1) is 7.11 Å². The predicted octanol–water partition coefficient (Wildman–Crippen LogP) is 5.28. The second-order valence-electron chi connectivity index (χ2n) is 6.76. The molecule has 2 nitrogen and oxygen atoms in total. The van der Waals surface area contributed by atoms with Gasteiger partial charge in [-0.15, -0.1) is 0 Å². The second-order valence-corrected chi connectivity index (χ2v) is 6.76. The zero-order valence-electron chi connectivity index (χ0n) is 14.5. The molecule has 0 saturated carbocycles. The molecule has 0 aliphatic carbocycles. The average Bonchev–Trinajstić information content (AvgIpc) is 2.54. The van der Waals surface area contributed by atoms with Crippen molar-refractivity contribution in [3.8, 4) is 5.75 Å². The zero-order valence-corrected chi connectivity index (χ0v) is 14.5. The number of Topliss-reactive ketones (excluding diaryl/α,β-unsaturated/α-hetero) is 1. The molecule has 0 bridgehead atoms. The topological polar surface area (TPSA) is 26.3 Å². The third-order valence-corrected chi connectivity index (χ3v) is 3.87. The van der Waals surface area contributed by atoms with Gasteiger partial charge in [0.1, 0.15) is 5.75 Å². The standard InChI is InChI=1S/C21H24O2/c1-15(14-16-6-12-19(23-5)13-7-16)20(22)17-8-10-18(11-9-17)21(2,3)4/h6-14H,1-5H3. The van der Waals surface area contributed by atoms with Crippen LogP contribution in [0.2, 0.25) is 0 Å². The SMILES string of the molecule is COc1ccc(C=C(C)C(=O)c2ccc(C(C)(C)C)cc2)cc1. The van der Waals surface area contributed by atoms with E-state index in [1.54, 1.807) is 7.11 Å². The summed E-state index contributed by atoms with van der Waals surface area (Å²) < 4.78 is 5.14. The van der Waals surface area contributed by atoms with Crippen molar-refractivity contribution in [2.24, 2.45) is 0 Å². The molecule has 0 fully saturated rings. The molecular weight excluding hydrogens is 284 g/mol. The molecule has 2 aromatic carbocycles. The molecule has 23 heavy (non-hydrogen) atoms. The van der Waals surface area contributed by atoms with Gasteiger partial charge in [-0.1, -0.05) is 57.2 Å². The summed E-state index contributed by atoms with van der Waals surface area (Å²) in [4.78, 5) is 12.5. The number of ketones is 1. The van der Waals surface area contributed by atoms with Gasteiger partial charge in [-0.05, 0) is 47.2 Å². The Morgan fingerprint density at radius 3 is 2.00 bits per heavy atom. The van der Waals surface area contributed by atoms with Crippen LogP contribution in [0.4, 0.5) is 0 Å². The van der Waals surface area contributed by atoms with Gasteiger partial charge in [0.25, 0.3) is 0 Å². The number of hydrogen-bond donors (Lipinski definition) is 0. The monoisotopic (exact) mass is 308 g/mol. The highest BCUT2D eigenvalue weighted by molar-refractivity contribution is 6.10. The number of allylic oxidation sites excluding steroid dienone is 1. The van der Waals surface area contributed by atoms with Gasteiger partial charge in [-0.2, -0.15) is 0 Å². The van der Waals surface area contributed by atoms with Crippen molar-refractivity contribution in [3.63, 3.8) is 0 Å². The van der Waals surface area contributed by atoms with Crippen molar-refractivity contribution in [1.82, 2.24) is 0 Å². The summed E-state index contributed by atoms with van der Waals surface area (Å²) in [7, 11) is 1.64. The fraction of sp³-hybridized carbons (Fsp3) is 0.286. The van der Waals surface area contributed by atoms with Crippen molar-refractivity contribution >= 4 is 11.9 Å². The normalized spacial score (nSPS) is 12.1. The van der Waals surface area contributed by atoms with Gasteiger partial charge < -0.3 is 4.74 Å². The van der Waals surface area contributed by atoms with Crippen LogP contribution in [-0.4, -0.2) is 12.9 Å². The van der Waals surface area contributed by atoms with Gasteiger partial charge in [0.2, 0.25) is 0 Å². The van der Waals surface area contributed by atoms with Crippen LogP contribution in [0.1, 0.15) is 49.2 Å². The summed E-state index contributed by atoms with van der Waals surface area (Å²) >= 11 is 0. The van der Waals surface area contributed by atoms with E-state index in [1.807, 2.05) is 61.5 Å². The fourth-order valence-corrected chi connectivity index (χ4v) is 2.36. The van der Waals surface area contributed by atoms with E-state index in [0.29, 0.717) is 0 Å². The van der Waals surface area contributed by atoms with E-state index in [1.165, 1.54) is 5.56 Å². The van der Waals surface area contributed by atoms with Crippen LogP contribution in [0, 0.1) is 0 Å². The number of rotatable bonds is 4. The first-order chi connectivity index (χ1) is 10.8. The lowest BCUT2D eigenvalue weighted by Gasteiger charge is -2.19. The summed E-state index contributed by atoms with van der Waals surface area (Å²) in [5.41, 5.74) is 3.75. The smallest absolute Gasteiger partial charge is 0.188 e. The molecule has 2 heteroatoms. The number of carbonyl (C=O) groups is 1. The lowest BCUT2D eigenvalue weighted by Crippen LogP contribution is -2.11. The molecule has 120 valence electrons. The summed E-state index contributed by atoms with van der Waals surface area (Å²) in [5, 5.41) is 0. The van der Waals surface area contributed by atoms with Crippen molar-refractivity contribution in [1.29, 1.82) is 0 Å². The molecule has 0 atom stereocenters. The Bertz CT molecular complexity index is 699. The van der Waals surface area contributed by atoms with Crippen molar-refractivity contribution in [3.05, 3.63) is 70.8 Å². The Morgan fingerprint density at radius 2 is 1.52 bits per heavy atom.